The van der Waals surface area contributed by atoms with Crippen molar-refractivity contribution in [2.75, 3.05) is 6.54 Å². The summed E-state index contributed by atoms with van der Waals surface area (Å²) in [6.45, 7) is 0.625. The molecule has 3 aromatic rings. The average molecular weight is 254 g/mol. The van der Waals surface area contributed by atoms with Crippen molar-refractivity contribution in [1.82, 2.24) is 14.1 Å². The van der Waals surface area contributed by atoms with E-state index in [-0.39, 0.29) is 0 Å². The molecule has 4 heteroatoms. The summed E-state index contributed by atoms with van der Waals surface area (Å²) < 4.78 is 4.29. The molecule has 1 aromatic carbocycles. The Kier molecular flexibility index (Phi) is 2.87. The largest absolute Gasteiger partial charge is 0.350 e. The number of nitrogens with two attached hydrogens (primary N) is 1. The van der Waals surface area contributed by atoms with Gasteiger partial charge in [-0.3, -0.25) is 0 Å². The fourth-order valence-electron chi connectivity index (χ4n) is 2.61. The van der Waals surface area contributed by atoms with Gasteiger partial charge in [-0.05, 0) is 12.6 Å². The van der Waals surface area contributed by atoms with E-state index >= 15 is 0 Å². The van der Waals surface area contributed by atoms with E-state index in [1.807, 2.05) is 6.20 Å². The first-order valence-corrected chi connectivity index (χ1v) is 6.47. The normalized spacial score (nSPS) is 11.3. The molecule has 0 aliphatic rings. The number of para-hydroxylation sites is 1. The summed E-state index contributed by atoms with van der Waals surface area (Å²) in [5.41, 5.74) is 9.21. The molecule has 0 amide bonds. The van der Waals surface area contributed by atoms with Gasteiger partial charge in [0, 0.05) is 43.2 Å². The lowest BCUT2D eigenvalue weighted by molar-refractivity contribution is 0.782. The Morgan fingerprint density at radius 3 is 2.79 bits per heavy atom. The minimum Gasteiger partial charge on any atom is -0.350 e. The third kappa shape index (κ3) is 1.85. The molecule has 2 heterocycles. The first kappa shape index (κ1) is 12.0. The number of hydrogen-bond donors (Lipinski definition) is 1. The smallest absolute Gasteiger partial charge is 0.110 e. The number of rotatable bonds is 3. The molecule has 98 valence electrons. The summed E-state index contributed by atoms with van der Waals surface area (Å²) in [5.74, 6) is 1.03. The van der Waals surface area contributed by atoms with Crippen molar-refractivity contribution in [3.8, 4) is 11.3 Å². The van der Waals surface area contributed by atoms with Gasteiger partial charge in [-0.25, -0.2) is 4.98 Å². The van der Waals surface area contributed by atoms with Gasteiger partial charge in [0.25, 0.3) is 0 Å². The molecular formula is C15H18N4. The number of aromatic nitrogens is 3. The molecule has 0 radical (unpaired) electrons. The Hall–Kier alpha value is -2.07. The van der Waals surface area contributed by atoms with Crippen LogP contribution >= 0.6 is 0 Å². The Balaban J connectivity index is 2.19. The molecule has 2 N–H and O–H groups in total. The van der Waals surface area contributed by atoms with E-state index in [0.717, 1.165) is 17.9 Å². The quantitative estimate of drug-likeness (QED) is 0.778. The number of imidazole rings is 1. The van der Waals surface area contributed by atoms with Crippen LogP contribution in [0.3, 0.4) is 0 Å². The Morgan fingerprint density at radius 2 is 2.00 bits per heavy atom. The van der Waals surface area contributed by atoms with Crippen LogP contribution < -0.4 is 5.73 Å². The number of aryl methyl sites for hydroxylation is 1. The monoisotopic (exact) mass is 254 g/mol. The van der Waals surface area contributed by atoms with E-state index in [2.05, 4.69) is 58.7 Å². The molecule has 2 aromatic heterocycles. The molecule has 0 fully saturated rings. The van der Waals surface area contributed by atoms with Crippen LogP contribution in [0.2, 0.25) is 0 Å². The average Bonchev–Trinajstić information content (AvgIpc) is 2.93. The van der Waals surface area contributed by atoms with Crippen molar-refractivity contribution in [3.05, 3.63) is 42.5 Å². The van der Waals surface area contributed by atoms with Gasteiger partial charge in [-0.2, -0.15) is 0 Å². The first-order valence-electron chi connectivity index (χ1n) is 6.47. The lowest BCUT2D eigenvalue weighted by atomic mass is 10.1. The molecule has 0 aliphatic carbocycles. The summed E-state index contributed by atoms with van der Waals surface area (Å²) in [5, 5.41) is 1.26. The van der Waals surface area contributed by atoms with E-state index in [1.54, 1.807) is 0 Å². The topological polar surface area (TPSA) is 48.8 Å². The number of hydrogen-bond acceptors (Lipinski definition) is 2. The molecule has 3 rings (SSSR count). The number of nitrogens with zero attached hydrogens (tertiary/aromatic N) is 3. The highest BCUT2D eigenvalue weighted by molar-refractivity contribution is 5.95. The zero-order valence-electron chi connectivity index (χ0n) is 11.3. The lowest BCUT2D eigenvalue weighted by Crippen LogP contribution is -2.08. The van der Waals surface area contributed by atoms with Crippen molar-refractivity contribution < 1.29 is 0 Å². The fraction of sp³-hybridized carbons (Fsp3) is 0.267. The van der Waals surface area contributed by atoms with Gasteiger partial charge in [-0.15, -0.1) is 0 Å². The molecule has 0 saturated carbocycles. The molecule has 0 bridgehead atoms. The highest BCUT2D eigenvalue weighted by Gasteiger charge is 2.13. The van der Waals surface area contributed by atoms with Crippen LogP contribution in [0.4, 0.5) is 0 Å². The summed E-state index contributed by atoms with van der Waals surface area (Å²) >= 11 is 0. The maximum atomic E-state index is 5.61. The number of fused-ring (bicyclic) bond motifs is 1. The van der Waals surface area contributed by atoms with E-state index in [4.69, 9.17) is 5.73 Å². The van der Waals surface area contributed by atoms with Crippen LogP contribution in [-0.4, -0.2) is 20.7 Å². The van der Waals surface area contributed by atoms with Crippen molar-refractivity contribution in [3.63, 3.8) is 0 Å². The lowest BCUT2D eigenvalue weighted by Gasteiger charge is -2.04. The second kappa shape index (κ2) is 4.55. The van der Waals surface area contributed by atoms with Crippen molar-refractivity contribution in [1.29, 1.82) is 0 Å². The van der Waals surface area contributed by atoms with Gasteiger partial charge in [0.2, 0.25) is 0 Å². The maximum absolute atomic E-state index is 5.61. The summed E-state index contributed by atoms with van der Waals surface area (Å²) in [6.07, 6.45) is 4.90. The van der Waals surface area contributed by atoms with Crippen molar-refractivity contribution >= 4 is 10.9 Å². The van der Waals surface area contributed by atoms with Gasteiger partial charge < -0.3 is 14.9 Å². The SMILES string of the molecule is Cn1c(-c2cn(C)c3ccccc23)cnc1CCN. The minimum absolute atomic E-state index is 0.625. The molecule has 0 aliphatic heterocycles. The van der Waals surface area contributed by atoms with Gasteiger partial charge >= 0.3 is 0 Å². The Labute approximate surface area is 112 Å². The minimum atomic E-state index is 0.625. The Morgan fingerprint density at radius 1 is 1.21 bits per heavy atom. The van der Waals surface area contributed by atoms with Gasteiger partial charge in [-0.1, -0.05) is 18.2 Å². The zero-order chi connectivity index (χ0) is 13.4. The van der Waals surface area contributed by atoms with E-state index in [0.29, 0.717) is 6.54 Å². The van der Waals surface area contributed by atoms with Gasteiger partial charge in [0.1, 0.15) is 5.82 Å². The van der Waals surface area contributed by atoms with Crippen LogP contribution in [0, 0.1) is 0 Å². The first-order chi connectivity index (χ1) is 9.22. The van der Waals surface area contributed by atoms with Crippen LogP contribution in [-0.2, 0) is 20.5 Å². The van der Waals surface area contributed by atoms with Crippen LogP contribution in [0.5, 0.6) is 0 Å². The standard InChI is InChI=1S/C15H18N4/c1-18-10-12(11-5-3-4-6-13(11)18)14-9-17-15(7-8-16)19(14)2/h3-6,9-10H,7-8,16H2,1-2H3. The highest BCUT2D eigenvalue weighted by Crippen LogP contribution is 2.30. The molecular weight excluding hydrogens is 236 g/mol. The fourth-order valence-corrected chi connectivity index (χ4v) is 2.61. The summed E-state index contributed by atoms with van der Waals surface area (Å²) in [4.78, 5) is 4.47. The number of benzene rings is 1. The van der Waals surface area contributed by atoms with Crippen molar-refractivity contribution in [2.24, 2.45) is 19.8 Å². The predicted octanol–water partition coefficient (Wildman–Crippen LogP) is 2.08. The molecule has 0 saturated heterocycles. The second-order valence-electron chi connectivity index (χ2n) is 4.83. The molecule has 19 heavy (non-hydrogen) atoms. The highest BCUT2D eigenvalue weighted by atomic mass is 15.1. The maximum Gasteiger partial charge on any atom is 0.110 e. The molecule has 0 atom stereocenters. The Bertz CT molecular complexity index is 721. The summed E-state index contributed by atoms with van der Waals surface area (Å²) in [7, 11) is 4.12. The van der Waals surface area contributed by atoms with Crippen LogP contribution in [0.25, 0.3) is 22.2 Å². The van der Waals surface area contributed by atoms with Crippen LogP contribution in [0.1, 0.15) is 5.82 Å². The van der Waals surface area contributed by atoms with Gasteiger partial charge in [0.05, 0.1) is 11.9 Å². The zero-order valence-corrected chi connectivity index (χ0v) is 11.3. The van der Waals surface area contributed by atoms with E-state index < -0.39 is 0 Å². The molecule has 4 nitrogen and oxygen atoms in total. The molecule has 0 unspecified atom stereocenters. The van der Waals surface area contributed by atoms with Crippen molar-refractivity contribution in [2.45, 2.75) is 6.42 Å². The third-order valence-electron chi connectivity index (χ3n) is 3.63. The second-order valence-corrected chi connectivity index (χ2v) is 4.83. The third-order valence-corrected chi connectivity index (χ3v) is 3.63. The van der Waals surface area contributed by atoms with Crippen LogP contribution in [0.15, 0.2) is 36.7 Å². The predicted molar refractivity (Wildman–Crippen MR) is 77.9 cm³/mol. The van der Waals surface area contributed by atoms with Gasteiger partial charge in [0.15, 0.2) is 0 Å². The summed E-state index contributed by atoms with van der Waals surface area (Å²) in [6, 6.07) is 8.43. The molecule has 0 spiro atoms. The van der Waals surface area contributed by atoms with E-state index in [9.17, 15) is 0 Å². The van der Waals surface area contributed by atoms with E-state index in [1.165, 1.54) is 16.5 Å².